The average molecular weight is 357 g/mol. The molecule has 0 bridgehead atoms. The Bertz CT molecular complexity index is 671. The van der Waals surface area contributed by atoms with Crippen LogP contribution in [0.4, 0.5) is 0 Å². The fraction of sp³-hybridized carbons (Fsp3) is 0.619. The number of nitrogens with zero attached hydrogens (tertiary/aromatic N) is 3. The minimum absolute atomic E-state index is 0.202. The van der Waals surface area contributed by atoms with Gasteiger partial charge in [-0.2, -0.15) is 0 Å². The van der Waals surface area contributed by atoms with Gasteiger partial charge in [0.2, 0.25) is 5.91 Å². The molecule has 1 fully saturated rings. The van der Waals surface area contributed by atoms with Gasteiger partial charge in [-0.3, -0.25) is 14.5 Å². The fourth-order valence-corrected chi connectivity index (χ4v) is 4.02. The van der Waals surface area contributed by atoms with Crippen LogP contribution in [0, 0.1) is 0 Å². The van der Waals surface area contributed by atoms with Gasteiger partial charge >= 0.3 is 0 Å². The molecule has 1 aromatic rings. The Labute approximate surface area is 156 Å². The third-order valence-electron chi connectivity index (χ3n) is 5.77. The molecule has 1 atom stereocenters. The van der Waals surface area contributed by atoms with Gasteiger partial charge in [0.1, 0.15) is 0 Å². The number of amides is 1. The summed E-state index contributed by atoms with van der Waals surface area (Å²) in [7, 11) is 4.17. The summed E-state index contributed by atoms with van der Waals surface area (Å²) in [5.41, 5.74) is 3.35. The van der Waals surface area contributed by atoms with Gasteiger partial charge in [0, 0.05) is 37.7 Å². The molecule has 1 aromatic carbocycles. The number of Topliss-reactive ketones (excluding diaryl/α,β-unsaturated/α-hetero) is 1. The summed E-state index contributed by atoms with van der Waals surface area (Å²) in [4.78, 5) is 31.2. The molecule has 5 heteroatoms. The Hall–Kier alpha value is -1.72. The van der Waals surface area contributed by atoms with E-state index in [9.17, 15) is 9.59 Å². The van der Waals surface area contributed by atoms with Crippen LogP contribution >= 0.6 is 0 Å². The molecule has 3 rings (SSSR count). The second-order valence-corrected chi connectivity index (χ2v) is 7.82. The number of aryl methyl sites for hydroxylation is 1. The van der Waals surface area contributed by atoms with Crippen LogP contribution in [-0.2, 0) is 17.8 Å². The number of benzene rings is 1. The van der Waals surface area contributed by atoms with Crippen LogP contribution in [0.25, 0.3) is 0 Å². The Morgan fingerprint density at radius 3 is 2.69 bits per heavy atom. The maximum absolute atomic E-state index is 12.7. The Kier molecular flexibility index (Phi) is 6.09. The van der Waals surface area contributed by atoms with Crippen molar-refractivity contribution in [1.29, 1.82) is 0 Å². The number of carbonyl (C=O) groups excluding carboxylic acids is 2. The molecule has 0 spiro atoms. The van der Waals surface area contributed by atoms with E-state index in [-0.39, 0.29) is 11.7 Å². The van der Waals surface area contributed by atoms with Gasteiger partial charge in [-0.15, -0.1) is 0 Å². The average Bonchev–Trinajstić information content (AvgIpc) is 3.04. The lowest BCUT2D eigenvalue weighted by atomic mass is 9.98. The maximum Gasteiger partial charge on any atom is 0.236 e. The van der Waals surface area contributed by atoms with Crippen molar-refractivity contribution in [3.05, 3.63) is 34.9 Å². The molecule has 0 radical (unpaired) electrons. The van der Waals surface area contributed by atoms with Crippen molar-refractivity contribution < 1.29 is 9.59 Å². The lowest BCUT2D eigenvalue weighted by molar-refractivity contribution is -0.131. The minimum Gasteiger partial charge on any atom is -0.340 e. The highest BCUT2D eigenvalue weighted by Gasteiger charge is 2.28. The molecule has 5 nitrogen and oxygen atoms in total. The first kappa shape index (κ1) is 19.1. The molecule has 142 valence electrons. The normalized spacial score (nSPS) is 20.9. The van der Waals surface area contributed by atoms with Crippen LogP contribution in [0.5, 0.6) is 0 Å². The quantitative estimate of drug-likeness (QED) is 0.758. The van der Waals surface area contributed by atoms with E-state index in [1.807, 2.05) is 17.9 Å². The molecule has 0 saturated carbocycles. The molecule has 0 aliphatic carbocycles. The molecule has 2 aliphatic heterocycles. The predicted molar refractivity (Wildman–Crippen MR) is 103 cm³/mol. The topological polar surface area (TPSA) is 43.9 Å². The standard InChI is InChI=1S/C21H31N3O2/c1-4-20(25)17-7-8-18-13-23(10-5-6-16(18)12-17)15-21(26)24-11-9-19(14-24)22(2)3/h7-8,12,19H,4-6,9-11,13-15H2,1-3H3. The minimum atomic E-state index is 0.202. The Morgan fingerprint density at radius 1 is 1.19 bits per heavy atom. The van der Waals surface area contributed by atoms with Gasteiger partial charge in [0.15, 0.2) is 5.78 Å². The highest BCUT2D eigenvalue weighted by molar-refractivity contribution is 5.96. The zero-order valence-electron chi connectivity index (χ0n) is 16.3. The largest absolute Gasteiger partial charge is 0.340 e. The van der Waals surface area contributed by atoms with Gasteiger partial charge < -0.3 is 9.80 Å². The van der Waals surface area contributed by atoms with Gasteiger partial charge in [0.25, 0.3) is 0 Å². The summed E-state index contributed by atoms with van der Waals surface area (Å²) in [6.45, 7) is 5.85. The second kappa shape index (κ2) is 8.31. The molecule has 1 amide bonds. The van der Waals surface area contributed by atoms with Gasteiger partial charge in [-0.05, 0) is 57.1 Å². The lowest BCUT2D eigenvalue weighted by Gasteiger charge is -2.25. The number of likely N-dealkylation sites (tertiary alicyclic amines) is 1. The smallest absolute Gasteiger partial charge is 0.236 e. The van der Waals surface area contributed by atoms with E-state index in [1.165, 1.54) is 11.1 Å². The molecular formula is C21H31N3O2. The summed E-state index contributed by atoms with van der Waals surface area (Å²) in [6, 6.07) is 6.57. The number of rotatable bonds is 5. The molecule has 1 saturated heterocycles. The Balaban J connectivity index is 1.62. The third kappa shape index (κ3) is 4.33. The molecule has 26 heavy (non-hydrogen) atoms. The van der Waals surface area contributed by atoms with Crippen molar-refractivity contribution in [2.75, 3.05) is 40.3 Å². The first-order valence-electron chi connectivity index (χ1n) is 9.79. The number of ketones is 1. The second-order valence-electron chi connectivity index (χ2n) is 7.82. The molecule has 0 aromatic heterocycles. The van der Waals surface area contributed by atoms with Gasteiger partial charge in [0.05, 0.1) is 6.54 Å². The van der Waals surface area contributed by atoms with Crippen LogP contribution in [-0.4, -0.2) is 72.7 Å². The summed E-state index contributed by atoms with van der Waals surface area (Å²) in [6.07, 6.45) is 3.63. The number of likely N-dealkylation sites (N-methyl/N-ethyl adjacent to an activating group) is 1. The van der Waals surface area contributed by atoms with Crippen molar-refractivity contribution in [2.24, 2.45) is 0 Å². The predicted octanol–water partition coefficient (Wildman–Crippen LogP) is 2.19. The monoisotopic (exact) mass is 357 g/mol. The van der Waals surface area contributed by atoms with E-state index in [1.54, 1.807) is 0 Å². The zero-order valence-corrected chi connectivity index (χ0v) is 16.3. The zero-order chi connectivity index (χ0) is 18.7. The third-order valence-corrected chi connectivity index (χ3v) is 5.77. The first-order chi connectivity index (χ1) is 12.5. The van der Waals surface area contributed by atoms with Crippen LogP contribution in [0.1, 0.15) is 47.7 Å². The van der Waals surface area contributed by atoms with Crippen molar-refractivity contribution >= 4 is 11.7 Å². The van der Waals surface area contributed by atoms with Crippen molar-refractivity contribution in [3.8, 4) is 0 Å². The number of hydrogen-bond acceptors (Lipinski definition) is 4. The van der Waals surface area contributed by atoms with Crippen LogP contribution < -0.4 is 0 Å². The molecule has 1 unspecified atom stereocenters. The summed E-state index contributed by atoms with van der Waals surface area (Å²) in [5, 5.41) is 0. The SMILES string of the molecule is CCC(=O)c1ccc2c(c1)CCCN(CC(=O)N1CCC(N(C)C)C1)C2. The fourth-order valence-electron chi connectivity index (χ4n) is 4.02. The van der Waals surface area contributed by atoms with E-state index < -0.39 is 0 Å². The number of fused-ring (bicyclic) bond motifs is 1. The van der Waals surface area contributed by atoms with Gasteiger partial charge in [-0.25, -0.2) is 0 Å². The van der Waals surface area contributed by atoms with E-state index in [4.69, 9.17) is 0 Å². The maximum atomic E-state index is 12.7. The molecule has 2 aliphatic rings. The van der Waals surface area contributed by atoms with Crippen molar-refractivity contribution in [1.82, 2.24) is 14.7 Å². The van der Waals surface area contributed by atoms with E-state index in [2.05, 4.69) is 36.0 Å². The van der Waals surface area contributed by atoms with Gasteiger partial charge in [-0.1, -0.05) is 19.1 Å². The first-order valence-corrected chi connectivity index (χ1v) is 9.79. The highest BCUT2D eigenvalue weighted by Crippen LogP contribution is 2.22. The molecular weight excluding hydrogens is 326 g/mol. The van der Waals surface area contributed by atoms with E-state index >= 15 is 0 Å². The Morgan fingerprint density at radius 2 is 2.00 bits per heavy atom. The molecule has 0 N–H and O–H groups in total. The molecule has 2 heterocycles. The summed E-state index contributed by atoms with van der Waals surface area (Å²) >= 11 is 0. The lowest BCUT2D eigenvalue weighted by Crippen LogP contribution is -2.40. The highest BCUT2D eigenvalue weighted by atomic mass is 16.2. The van der Waals surface area contributed by atoms with Crippen LogP contribution in [0.15, 0.2) is 18.2 Å². The summed E-state index contributed by atoms with van der Waals surface area (Å²) in [5.74, 6) is 0.448. The van der Waals surface area contributed by atoms with Crippen molar-refractivity contribution in [2.45, 2.75) is 45.2 Å². The van der Waals surface area contributed by atoms with Crippen LogP contribution in [0.2, 0.25) is 0 Å². The van der Waals surface area contributed by atoms with E-state index in [0.717, 1.165) is 51.0 Å². The number of carbonyl (C=O) groups is 2. The number of hydrogen-bond donors (Lipinski definition) is 0. The summed E-state index contributed by atoms with van der Waals surface area (Å²) < 4.78 is 0. The van der Waals surface area contributed by atoms with Crippen LogP contribution in [0.3, 0.4) is 0 Å². The van der Waals surface area contributed by atoms with E-state index in [0.29, 0.717) is 19.0 Å². The van der Waals surface area contributed by atoms with Crippen molar-refractivity contribution in [3.63, 3.8) is 0 Å².